The number of ether oxygens (including phenoxy) is 5. The average molecular weight is 427 g/mol. The zero-order valence-electron chi connectivity index (χ0n) is 16.2. The zero-order valence-corrected chi connectivity index (χ0v) is 17.0. The summed E-state index contributed by atoms with van der Waals surface area (Å²) in [6.45, 7) is 6.32. The summed E-state index contributed by atoms with van der Waals surface area (Å²) in [6.07, 6.45) is 1.62. The number of fused-ring (bicyclic) bond motifs is 2. The molecule has 0 unspecified atom stereocenters. The van der Waals surface area contributed by atoms with Gasteiger partial charge in [-0.1, -0.05) is 24.3 Å². The third kappa shape index (κ3) is 3.36. The number of hydrogen-bond acceptors (Lipinski definition) is 7. The second kappa shape index (κ2) is 8.09. The maximum atomic E-state index is 9.80. The van der Waals surface area contributed by atoms with Gasteiger partial charge in [-0.2, -0.15) is 5.26 Å². The van der Waals surface area contributed by atoms with Gasteiger partial charge >= 0.3 is 0 Å². The highest BCUT2D eigenvalue weighted by molar-refractivity contribution is 6.32. The molecule has 2 aliphatic rings. The Balaban J connectivity index is 1.88. The lowest BCUT2D eigenvalue weighted by atomic mass is 9.83. The minimum atomic E-state index is -0.529. The minimum absolute atomic E-state index is 0.0231. The fraction of sp³-hybridized carbons (Fsp3) is 0.227. The monoisotopic (exact) mass is 426 g/mol. The van der Waals surface area contributed by atoms with Crippen LogP contribution in [0.3, 0.4) is 0 Å². The molecule has 0 aromatic heterocycles. The maximum Gasteiger partial charge on any atom is 0.231 e. The molecule has 2 aliphatic heterocycles. The van der Waals surface area contributed by atoms with Crippen molar-refractivity contribution in [2.45, 2.75) is 12.8 Å². The van der Waals surface area contributed by atoms with E-state index in [1.165, 1.54) is 0 Å². The third-order valence-electron chi connectivity index (χ3n) is 4.72. The van der Waals surface area contributed by atoms with Crippen molar-refractivity contribution in [3.05, 3.63) is 64.5 Å². The van der Waals surface area contributed by atoms with Crippen molar-refractivity contribution in [2.75, 3.05) is 20.0 Å². The second-order valence-electron chi connectivity index (χ2n) is 6.53. The van der Waals surface area contributed by atoms with Gasteiger partial charge in [-0.15, -0.1) is 0 Å². The summed E-state index contributed by atoms with van der Waals surface area (Å²) in [5.41, 5.74) is 7.75. The molecule has 2 aromatic rings. The quantitative estimate of drug-likeness (QED) is 0.689. The smallest absolute Gasteiger partial charge is 0.231 e. The molecule has 2 heterocycles. The Hall–Kier alpha value is -3.50. The Morgan fingerprint density at radius 3 is 2.70 bits per heavy atom. The highest BCUT2D eigenvalue weighted by atomic mass is 35.5. The van der Waals surface area contributed by atoms with Crippen LogP contribution in [0.2, 0.25) is 5.02 Å². The lowest BCUT2D eigenvalue weighted by Crippen LogP contribution is -2.21. The molecule has 30 heavy (non-hydrogen) atoms. The van der Waals surface area contributed by atoms with Gasteiger partial charge in [0.05, 0.1) is 17.5 Å². The number of rotatable bonds is 6. The molecular formula is C22H19ClN2O5. The van der Waals surface area contributed by atoms with Crippen LogP contribution >= 0.6 is 11.6 Å². The van der Waals surface area contributed by atoms with Crippen LogP contribution in [0, 0.1) is 11.3 Å². The van der Waals surface area contributed by atoms with Crippen LogP contribution in [0.25, 0.3) is 0 Å². The predicted octanol–water partition coefficient (Wildman–Crippen LogP) is 4.25. The van der Waals surface area contributed by atoms with Crippen molar-refractivity contribution < 1.29 is 23.7 Å². The number of benzene rings is 2. The molecule has 7 nitrogen and oxygen atoms in total. The van der Waals surface area contributed by atoms with Crippen LogP contribution in [-0.2, 0) is 0 Å². The van der Waals surface area contributed by atoms with Crippen LogP contribution in [0.4, 0.5) is 0 Å². The van der Waals surface area contributed by atoms with Gasteiger partial charge < -0.3 is 29.4 Å². The Morgan fingerprint density at radius 1 is 1.23 bits per heavy atom. The second-order valence-corrected chi connectivity index (χ2v) is 6.94. The van der Waals surface area contributed by atoms with E-state index < -0.39 is 5.92 Å². The van der Waals surface area contributed by atoms with Gasteiger partial charge in [0, 0.05) is 11.6 Å². The molecule has 0 fully saturated rings. The molecule has 2 N–H and O–H groups in total. The van der Waals surface area contributed by atoms with Gasteiger partial charge in [0.2, 0.25) is 12.7 Å². The van der Waals surface area contributed by atoms with E-state index >= 15 is 0 Å². The third-order valence-corrected chi connectivity index (χ3v) is 5.00. The van der Waals surface area contributed by atoms with Crippen molar-refractivity contribution in [1.29, 1.82) is 5.26 Å². The first kappa shape index (κ1) is 19.8. The lowest BCUT2D eigenvalue weighted by Gasteiger charge is -2.27. The summed E-state index contributed by atoms with van der Waals surface area (Å²) in [5.74, 6) is 1.99. The van der Waals surface area contributed by atoms with E-state index in [2.05, 4.69) is 12.6 Å². The summed E-state index contributed by atoms with van der Waals surface area (Å²) in [4.78, 5) is 0. The maximum absolute atomic E-state index is 9.80. The molecule has 4 rings (SSSR count). The first-order chi connectivity index (χ1) is 14.6. The molecule has 0 saturated carbocycles. The Bertz CT molecular complexity index is 1090. The zero-order chi connectivity index (χ0) is 21.3. The molecule has 0 aliphatic carbocycles. The molecule has 0 spiro atoms. The van der Waals surface area contributed by atoms with Crippen LogP contribution in [0.1, 0.15) is 24.0 Å². The Labute approximate surface area is 178 Å². The van der Waals surface area contributed by atoms with Crippen molar-refractivity contribution in [2.24, 2.45) is 5.73 Å². The van der Waals surface area contributed by atoms with E-state index in [0.717, 1.165) is 0 Å². The summed E-state index contributed by atoms with van der Waals surface area (Å²) in [6, 6.07) is 9.19. The summed E-state index contributed by atoms with van der Waals surface area (Å²) in [5, 5.41) is 10.2. The van der Waals surface area contributed by atoms with E-state index in [9.17, 15) is 5.26 Å². The van der Waals surface area contributed by atoms with E-state index in [1.807, 2.05) is 6.92 Å². The molecule has 154 valence electrons. The fourth-order valence-electron chi connectivity index (χ4n) is 3.49. The molecule has 1 atom stereocenters. The van der Waals surface area contributed by atoms with Gasteiger partial charge in [0.25, 0.3) is 0 Å². The number of hydrogen-bond donors (Lipinski definition) is 1. The number of nitrogens with two attached hydrogens (primary N) is 1. The van der Waals surface area contributed by atoms with Crippen molar-refractivity contribution in [1.82, 2.24) is 0 Å². The van der Waals surface area contributed by atoms with E-state index in [0.29, 0.717) is 51.5 Å². The molecule has 0 bridgehead atoms. The average Bonchev–Trinajstić information content (AvgIpc) is 3.18. The number of nitriles is 1. The van der Waals surface area contributed by atoms with Crippen LogP contribution in [-0.4, -0.2) is 20.0 Å². The highest BCUT2D eigenvalue weighted by Crippen LogP contribution is 2.49. The largest absolute Gasteiger partial charge is 0.490 e. The summed E-state index contributed by atoms with van der Waals surface area (Å²) < 4.78 is 28.1. The van der Waals surface area contributed by atoms with Crippen molar-refractivity contribution in [3.63, 3.8) is 0 Å². The van der Waals surface area contributed by atoms with Crippen LogP contribution < -0.4 is 29.4 Å². The standard InChI is InChI=1S/C22H19ClN2O5/c1-3-5-27-21-15(23)6-12(7-19(21)26-4-2)20-13-8-17-18(29-11-28-17)9-16(13)30-22(25)14(20)10-24/h3,6-9,20H,1,4-5,11,25H2,2H3/t20-/m1/s1. The summed E-state index contributed by atoms with van der Waals surface area (Å²) >= 11 is 6.53. The number of halogens is 1. The highest BCUT2D eigenvalue weighted by Gasteiger charge is 2.34. The van der Waals surface area contributed by atoms with Crippen LogP contribution in [0.15, 0.2) is 48.4 Å². The molecule has 2 aromatic carbocycles. The van der Waals surface area contributed by atoms with Gasteiger partial charge in [-0.25, -0.2) is 0 Å². The van der Waals surface area contributed by atoms with E-state index in [-0.39, 0.29) is 24.9 Å². The SMILES string of the molecule is C=CCOc1c(Cl)cc([C@H]2C(C#N)=C(N)Oc3cc4c(cc32)OCO4)cc1OCC. The van der Waals surface area contributed by atoms with Gasteiger partial charge in [0.1, 0.15) is 24.0 Å². The Morgan fingerprint density at radius 2 is 2.00 bits per heavy atom. The normalized spacial score (nSPS) is 16.4. The molecule has 0 amide bonds. The Kier molecular flexibility index (Phi) is 5.34. The van der Waals surface area contributed by atoms with Gasteiger partial charge in [0.15, 0.2) is 23.0 Å². The topological polar surface area (TPSA) is 96.0 Å². The molecular weight excluding hydrogens is 408 g/mol. The van der Waals surface area contributed by atoms with Gasteiger partial charge in [-0.05, 0) is 30.7 Å². The molecule has 0 radical (unpaired) electrons. The van der Waals surface area contributed by atoms with E-state index in [1.54, 1.807) is 30.3 Å². The van der Waals surface area contributed by atoms with Crippen LogP contribution in [0.5, 0.6) is 28.7 Å². The summed E-state index contributed by atoms with van der Waals surface area (Å²) in [7, 11) is 0. The first-order valence-electron chi connectivity index (χ1n) is 9.28. The van der Waals surface area contributed by atoms with Crippen molar-refractivity contribution >= 4 is 11.6 Å². The van der Waals surface area contributed by atoms with E-state index in [4.69, 9.17) is 41.0 Å². The van der Waals surface area contributed by atoms with Crippen molar-refractivity contribution in [3.8, 4) is 34.8 Å². The molecule has 8 heteroatoms. The number of allylic oxidation sites excluding steroid dienone is 1. The van der Waals surface area contributed by atoms with Gasteiger partial charge in [-0.3, -0.25) is 0 Å². The lowest BCUT2D eigenvalue weighted by molar-refractivity contribution is 0.174. The molecule has 0 saturated heterocycles. The predicted molar refractivity (Wildman–Crippen MR) is 110 cm³/mol. The number of nitrogens with zero attached hydrogens (tertiary/aromatic N) is 1. The fourth-order valence-corrected chi connectivity index (χ4v) is 3.76. The first-order valence-corrected chi connectivity index (χ1v) is 9.66. The minimum Gasteiger partial charge on any atom is -0.490 e.